The van der Waals surface area contributed by atoms with E-state index < -0.39 is 0 Å². The lowest BCUT2D eigenvalue weighted by atomic mass is 10.2. The summed E-state index contributed by atoms with van der Waals surface area (Å²) in [4.78, 5) is 18.5. The van der Waals surface area contributed by atoms with E-state index in [0.717, 1.165) is 23.2 Å². The molecule has 0 saturated heterocycles. The smallest absolute Gasteiger partial charge is 0.255 e. The number of hydrogen-bond donors (Lipinski definition) is 2. The molecule has 0 aliphatic carbocycles. The average molecular weight is 363 g/mol. The van der Waals surface area contributed by atoms with Crippen LogP contribution < -0.4 is 10.6 Å². The van der Waals surface area contributed by atoms with Crippen LogP contribution in [0.5, 0.6) is 0 Å². The zero-order valence-corrected chi connectivity index (χ0v) is 14.2. The number of carbonyl (C=O) groups excluding carboxylic acids is 1. The molecule has 22 heavy (non-hydrogen) atoms. The first kappa shape index (κ1) is 16.5. The van der Waals surface area contributed by atoms with E-state index in [1.54, 1.807) is 18.3 Å². The van der Waals surface area contributed by atoms with Crippen LogP contribution in [0.15, 0.2) is 47.1 Å². The van der Waals surface area contributed by atoms with Crippen LogP contribution in [0.4, 0.5) is 11.5 Å². The topological polar surface area (TPSA) is 57.3 Å². The van der Waals surface area contributed by atoms with Crippen molar-refractivity contribution in [3.05, 3.63) is 52.6 Å². The van der Waals surface area contributed by atoms with Crippen LogP contribution >= 0.6 is 15.9 Å². The average Bonchev–Trinajstić information content (AvgIpc) is 2.49. The molecule has 1 heterocycles. The Bertz CT molecular complexity index is 628. The minimum atomic E-state index is -0.152. The molecular formula is C16H19BrN4O. The Balaban J connectivity index is 1.99. The van der Waals surface area contributed by atoms with Crippen molar-refractivity contribution in [2.24, 2.45) is 0 Å². The fraction of sp³-hybridized carbons (Fsp3) is 0.250. The number of amides is 1. The van der Waals surface area contributed by atoms with Crippen molar-refractivity contribution in [1.29, 1.82) is 0 Å². The summed E-state index contributed by atoms with van der Waals surface area (Å²) in [6.07, 6.45) is 1.63. The first-order valence-electron chi connectivity index (χ1n) is 6.96. The van der Waals surface area contributed by atoms with E-state index in [-0.39, 0.29) is 5.91 Å². The number of rotatable bonds is 6. The Labute approximate surface area is 138 Å². The summed E-state index contributed by atoms with van der Waals surface area (Å²) in [5, 5.41) is 6.07. The van der Waals surface area contributed by atoms with Crippen LogP contribution in [-0.4, -0.2) is 43.0 Å². The van der Waals surface area contributed by atoms with Gasteiger partial charge in [0.1, 0.15) is 5.82 Å². The third-order valence-corrected chi connectivity index (χ3v) is 3.52. The van der Waals surface area contributed by atoms with E-state index in [1.807, 2.05) is 38.4 Å². The molecular weight excluding hydrogens is 344 g/mol. The second-order valence-electron chi connectivity index (χ2n) is 5.12. The lowest BCUT2D eigenvalue weighted by molar-refractivity contribution is 0.102. The number of anilines is 2. The molecule has 1 aromatic carbocycles. The van der Waals surface area contributed by atoms with Gasteiger partial charge < -0.3 is 15.5 Å². The van der Waals surface area contributed by atoms with E-state index in [0.29, 0.717) is 11.4 Å². The lowest BCUT2D eigenvalue weighted by Crippen LogP contribution is -2.21. The number of nitrogens with one attached hydrogen (secondary N) is 2. The fourth-order valence-corrected chi connectivity index (χ4v) is 2.08. The van der Waals surface area contributed by atoms with Gasteiger partial charge in [-0.3, -0.25) is 4.79 Å². The van der Waals surface area contributed by atoms with Crippen molar-refractivity contribution in [2.75, 3.05) is 37.8 Å². The number of aromatic nitrogens is 1. The maximum absolute atomic E-state index is 12.2. The van der Waals surface area contributed by atoms with Gasteiger partial charge in [0.15, 0.2) is 0 Å². The maximum Gasteiger partial charge on any atom is 0.255 e. The van der Waals surface area contributed by atoms with Gasteiger partial charge in [-0.2, -0.15) is 0 Å². The molecule has 5 nitrogen and oxygen atoms in total. The summed E-state index contributed by atoms with van der Waals surface area (Å²) in [6.45, 7) is 1.68. The van der Waals surface area contributed by atoms with Gasteiger partial charge in [0.05, 0.1) is 0 Å². The molecule has 1 aromatic heterocycles. The van der Waals surface area contributed by atoms with Crippen LogP contribution in [0.25, 0.3) is 0 Å². The second kappa shape index (κ2) is 7.91. The molecule has 0 unspecified atom stereocenters. The molecule has 0 spiro atoms. The third kappa shape index (κ3) is 5.13. The number of nitrogens with zero attached hydrogens (tertiary/aromatic N) is 2. The van der Waals surface area contributed by atoms with Crippen LogP contribution in [0.3, 0.4) is 0 Å². The Kier molecular flexibility index (Phi) is 5.91. The van der Waals surface area contributed by atoms with Gasteiger partial charge in [0.2, 0.25) is 0 Å². The Morgan fingerprint density at radius 3 is 2.64 bits per heavy atom. The zero-order valence-electron chi connectivity index (χ0n) is 12.6. The summed E-state index contributed by atoms with van der Waals surface area (Å²) in [5.41, 5.74) is 1.33. The first-order chi connectivity index (χ1) is 10.5. The molecule has 6 heteroatoms. The molecule has 0 saturated carbocycles. The molecule has 2 N–H and O–H groups in total. The van der Waals surface area contributed by atoms with Gasteiger partial charge in [-0.05, 0) is 50.5 Å². The van der Waals surface area contributed by atoms with Gasteiger partial charge in [-0.25, -0.2) is 4.98 Å². The lowest BCUT2D eigenvalue weighted by Gasteiger charge is -2.11. The minimum absolute atomic E-state index is 0.152. The molecule has 0 atom stereocenters. The van der Waals surface area contributed by atoms with E-state index in [2.05, 4.69) is 36.4 Å². The number of halogens is 1. The summed E-state index contributed by atoms with van der Waals surface area (Å²) in [5.74, 6) is 0.547. The summed E-state index contributed by atoms with van der Waals surface area (Å²) < 4.78 is 0.974. The molecule has 2 aromatic rings. The largest absolute Gasteiger partial charge is 0.369 e. The number of likely N-dealkylation sites (N-methyl/N-ethyl adjacent to an activating group) is 1. The van der Waals surface area contributed by atoms with Crippen molar-refractivity contribution in [3.8, 4) is 0 Å². The van der Waals surface area contributed by atoms with E-state index in [4.69, 9.17) is 0 Å². The van der Waals surface area contributed by atoms with Gasteiger partial charge in [-0.1, -0.05) is 15.9 Å². The molecule has 1 amide bonds. The van der Waals surface area contributed by atoms with Crippen LogP contribution in [-0.2, 0) is 0 Å². The highest BCUT2D eigenvalue weighted by Crippen LogP contribution is 2.15. The van der Waals surface area contributed by atoms with Crippen molar-refractivity contribution in [1.82, 2.24) is 9.88 Å². The van der Waals surface area contributed by atoms with Gasteiger partial charge in [-0.15, -0.1) is 0 Å². The summed E-state index contributed by atoms with van der Waals surface area (Å²) in [7, 11) is 4.02. The predicted octanol–water partition coefficient (Wildman–Crippen LogP) is 3.07. The SMILES string of the molecule is CN(C)CCNc1cc(C(=O)Nc2ccc(Br)cc2)ccn1. The van der Waals surface area contributed by atoms with Crippen molar-refractivity contribution >= 4 is 33.3 Å². The number of carbonyl (C=O) groups is 1. The minimum Gasteiger partial charge on any atom is -0.369 e. The number of benzene rings is 1. The van der Waals surface area contributed by atoms with Crippen LogP contribution in [0.2, 0.25) is 0 Å². The number of pyridine rings is 1. The highest BCUT2D eigenvalue weighted by Gasteiger charge is 2.07. The van der Waals surface area contributed by atoms with Crippen LogP contribution in [0.1, 0.15) is 10.4 Å². The third-order valence-electron chi connectivity index (χ3n) is 2.99. The van der Waals surface area contributed by atoms with Gasteiger partial charge in [0, 0.05) is 35.0 Å². The maximum atomic E-state index is 12.2. The zero-order chi connectivity index (χ0) is 15.9. The Morgan fingerprint density at radius 2 is 1.95 bits per heavy atom. The predicted molar refractivity (Wildman–Crippen MR) is 93.4 cm³/mol. The number of hydrogen-bond acceptors (Lipinski definition) is 4. The molecule has 116 valence electrons. The van der Waals surface area contributed by atoms with Crippen LogP contribution in [0, 0.1) is 0 Å². The molecule has 0 fully saturated rings. The Morgan fingerprint density at radius 1 is 1.23 bits per heavy atom. The quantitative estimate of drug-likeness (QED) is 0.828. The molecule has 0 bridgehead atoms. The van der Waals surface area contributed by atoms with Gasteiger partial charge in [0.25, 0.3) is 5.91 Å². The van der Waals surface area contributed by atoms with E-state index >= 15 is 0 Å². The molecule has 0 radical (unpaired) electrons. The summed E-state index contributed by atoms with van der Waals surface area (Å²) in [6, 6.07) is 10.9. The fourth-order valence-electron chi connectivity index (χ4n) is 1.81. The van der Waals surface area contributed by atoms with E-state index in [9.17, 15) is 4.79 Å². The second-order valence-corrected chi connectivity index (χ2v) is 6.04. The van der Waals surface area contributed by atoms with Crippen molar-refractivity contribution in [2.45, 2.75) is 0 Å². The standard InChI is InChI=1S/C16H19BrN4O/c1-21(2)10-9-19-15-11-12(7-8-18-15)16(22)20-14-5-3-13(17)4-6-14/h3-8,11H,9-10H2,1-2H3,(H,18,19)(H,20,22). The van der Waals surface area contributed by atoms with Crippen molar-refractivity contribution in [3.63, 3.8) is 0 Å². The normalized spacial score (nSPS) is 10.5. The first-order valence-corrected chi connectivity index (χ1v) is 7.75. The summed E-state index contributed by atoms with van der Waals surface area (Å²) >= 11 is 3.37. The van der Waals surface area contributed by atoms with Crippen molar-refractivity contribution < 1.29 is 4.79 Å². The highest BCUT2D eigenvalue weighted by molar-refractivity contribution is 9.10. The highest BCUT2D eigenvalue weighted by atomic mass is 79.9. The monoisotopic (exact) mass is 362 g/mol. The molecule has 2 rings (SSSR count). The van der Waals surface area contributed by atoms with E-state index in [1.165, 1.54) is 0 Å². The molecule has 0 aliphatic rings. The Hall–Kier alpha value is -1.92. The van der Waals surface area contributed by atoms with Gasteiger partial charge >= 0.3 is 0 Å². The molecule has 0 aliphatic heterocycles.